The fourth-order valence-corrected chi connectivity index (χ4v) is 3.70. The molecule has 0 spiro atoms. The van der Waals surface area contributed by atoms with Crippen LogP contribution in [0.5, 0.6) is 0 Å². The highest BCUT2D eigenvalue weighted by atomic mass is 32.1. The van der Waals surface area contributed by atoms with Crippen molar-refractivity contribution in [2.45, 2.75) is 13.5 Å². The van der Waals surface area contributed by atoms with E-state index in [1.165, 1.54) is 16.0 Å². The van der Waals surface area contributed by atoms with Crippen LogP contribution in [0, 0.1) is 18.3 Å². The zero-order chi connectivity index (χ0) is 16.8. The van der Waals surface area contributed by atoms with Crippen LogP contribution in [-0.4, -0.2) is 24.3 Å². The maximum Gasteiger partial charge on any atom is 0.291 e. The number of nitriles is 1. The van der Waals surface area contributed by atoms with E-state index in [0.717, 1.165) is 21.5 Å². The molecule has 0 saturated heterocycles. The minimum Gasteiger partial charge on any atom is -0.323 e. The second kappa shape index (κ2) is 5.25. The Labute approximate surface area is 140 Å². The number of aryl methyl sites for hydroxylation is 2. The molecular weight excluding hydrogens is 324 g/mol. The third-order valence-electron chi connectivity index (χ3n) is 3.88. The third-order valence-corrected chi connectivity index (χ3v) is 4.86. The number of nitrogens with zero attached hydrogens (tertiary/aromatic N) is 6. The van der Waals surface area contributed by atoms with Crippen molar-refractivity contribution in [3.05, 3.63) is 51.1 Å². The zero-order valence-corrected chi connectivity index (χ0v) is 13.8. The van der Waals surface area contributed by atoms with E-state index in [-0.39, 0.29) is 5.56 Å². The van der Waals surface area contributed by atoms with Gasteiger partial charge in [-0.25, -0.2) is 9.67 Å². The Bertz CT molecular complexity index is 1190. The van der Waals surface area contributed by atoms with Crippen LogP contribution in [0.25, 0.3) is 21.3 Å². The smallest absolute Gasteiger partial charge is 0.291 e. The summed E-state index contributed by atoms with van der Waals surface area (Å²) in [6, 6.07) is 7.73. The highest BCUT2D eigenvalue weighted by molar-refractivity contribution is 7.20. The van der Waals surface area contributed by atoms with Crippen LogP contribution in [-0.2, 0) is 13.6 Å². The van der Waals surface area contributed by atoms with Crippen LogP contribution in [0.3, 0.4) is 0 Å². The molecule has 4 heterocycles. The molecule has 4 aromatic heterocycles. The summed E-state index contributed by atoms with van der Waals surface area (Å²) in [4.78, 5) is 21.5. The largest absolute Gasteiger partial charge is 0.323 e. The summed E-state index contributed by atoms with van der Waals surface area (Å²) in [6.45, 7) is 2.22. The van der Waals surface area contributed by atoms with Crippen molar-refractivity contribution < 1.29 is 0 Å². The molecule has 0 saturated carbocycles. The van der Waals surface area contributed by atoms with Gasteiger partial charge in [-0.3, -0.25) is 9.78 Å². The number of hydrogen-bond acceptors (Lipinski definition) is 6. The standard InChI is InChI=1S/C16H12N6OS/c1-9-4-3-5-10(19-9)8-22-16(23)13-11(7-18-22)14-15(21(13)2)20-12(6-17)24-14/h3-5,7H,8H2,1-2H3. The number of aromatic nitrogens is 5. The van der Waals surface area contributed by atoms with Gasteiger partial charge < -0.3 is 4.57 Å². The second-order valence-corrected chi connectivity index (χ2v) is 6.48. The van der Waals surface area contributed by atoms with Gasteiger partial charge in [0.2, 0.25) is 0 Å². The molecule has 4 rings (SSSR count). The maximum absolute atomic E-state index is 12.8. The summed E-state index contributed by atoms with van der Waals surface area (Å²) >= 11 is 1.27. The van der Waals surface area contributed by atoms with Gasteiger partial charge >= 0.3 is 0 Å². The molecule has 0 radical (unpaired) electrons. The van der Waals surface area contributed by atoms with Gasteiger partial charge in [-0.2, -0.15) is 10.4 Å². The van der Waals surface area contributed by atoms with Crippen molar-refractivity contribution in [1.29, 1.82) is 5.26 Å². The van der Waals surface area contributed by atoms with Gasteiger partial charge in [-0.1, -0.05) is 6.07 Å². The van der Waals surface area contributed by atoms with E-state index in [9.17, 15) is 4.79 Å². The monoisotopic (exact) mass is 336 g/mol. The zero-order valence-electron chi connectivity index (χ0n) is 13.0. The van der Waals surface area contributed by atoms with Gasteiger partial charge in [0.15, 0.2) is 10.7 Å². The normalized spacial score (nSPS) is 11.2. The highest BCUT2D eigenvalue weighted by Crippen LogP contribution is 2.30. The average Bonchev–Trinajstić information content (AvgIpc) is 3.10. The van der Waals surface area contributed by atoms with Crippen molar-refractivity contribution in [3.8, 4) is 6.07 Å². The SMILES string of the molecule is Cc1cccc(Cn2ncc3c4sc(C#N)nc4n(C)c3c2=O)n1. The van der Waals surface area contributed by atoms with Crippen molar-refractivity contribution in [2.24, 2.45) is 7.05 Å². The first-order valence-electron chi connectivity index (χ1n) is 7.26. The summed E-state index contributed by atoms with van der Waals surface area (Å²) in [5.74, 6) is 0. The topological polar surface area (TPSA) is 89.4 Å². The van der Waals surface area contributed by atoms with Gasteiger partial charge in [-0.05, 0) is 19.1 Å². The fraction of sp³-hybridized carbons (Fsp3) is 0.188. The van der Waals surface area contributed by atoms with Crippen LogP contribution in [0.2, 0.25) is 0 Å². The van der Waals surface area contributed by atoms with Crippen molar-refractivity contribution >= 4 is 32.6 Å². The van der Waals surface area contributed by atoms with Crippen molar-refractivity contribution in [2.75, 3.05) is 0 Å². The average molecular weight is 336 g/mol. The second-order valence-electron chi connectivity index (χ2n) is 5.48. The minimum atomic E-state index is -0.193. The lowest BCUT2D eigenvalue weighted by Gasteiger charge is -2.05. The summed E-state index contributed by atoms with van der Waals surface area (Å²) in [6.07, 6.45) is 1.66. The summed E-state index contributed by atoms with van der Waals surface area (Å²) in [5.41, 5.74) is 2.66. The lowest BCUT2D eigenvalue weighted by atomic mass is 10.3. The first-order chi connectivity index (χ1) is 11.6. The Morgan fingerprint density at radius 3 is 2.92 bits per heavy atom. The van der Waals surface area contributed by atoms with Crippen LogP contribution in [0.4, 0.5) is 0 Å². The van der Waals surface area contributed by atoms with Gasteiger partial charge in [0, 0.05) is 18.1 Å². The molecule has 0 aromatic carbocycles. The Kier molecular flexibility index (Phi) is 3.18. The molecule has 0 amide bonds. The molecule has 118 valence electrons. The lowest BCUT2D eigenvalue weighted by molar-refractivity contribution is 0.631. The lowest BCUT2D eigenvalue weighted by Crippen LogP contribution is -2.25. The van der Waals surface area contributed by atoms with Crippen molar-refractivity contribution in [1.82, 2.24) is 24.3 Å². The number of rotatable bonds is 2. The molecule has 0 atom stereocenters. The Morgan fingerprint density at radius 1 is 1.33 bits per heavy atom. The molecular formula is C16H12N6OS. The molecule has 0 aliphatic rings. The van der Waals surface area contributed by atoms with Crippen molar-refractivity contribution in [3.63, 3.8) is 0 Å². The fourth-order valence-electron chi connectivity index (χ4n) is 2.79. The minimum absolute atomic E-state index is 0.193. The predicted octanol–water partition coefficient (Wildman–Crippen LogP) is 1.97. The van der Waals surface area contributed by atoms with E-state index in [1.54, 1.807) is 17.8 Å². The van der Waals surface area contributed by atoms with Gasteiger partial charge in [0.25, 0.3) is 5.56 Å². The first kappa shape index (κ1) is 14.5. The van der Waals surface area contributed by atoms with E-state index in [2.05, 4.69) is 15.1 Å². The van der Waals surface area contributed by atoms with Gasteiger partial charge in [0.05, 0.1) is 23.1 Å². The quantitative estimate of drug-likeness (QED) is 0.558. The van der Waals surface area contributed by atoms with E-state index < -0.39 is 0 Å². The molecule has 4 aromatic rings. The van der Waals surface area contributed by atoms with E-state index in [1.807, 2.05) is 31.2 Å². The van der Waals surface area contributed by atoms with E-state index in [4.69, 9.17) is 5.26 Å². The molecule has 0 N–H and O–H groups in total. The number of hydrogen-bond donors (Lipinski definition) is 0. The number of pyridine rings is 1. The molecule has 0 aliphatic carbocycles. The predicted molar refractivity (Wildman–Crippen MR) is 90.9 cm³/mol. The molecule has 0 unspecified atom stereocenters. The van der Waals surface area contributed by atoms with Crippen LogP contribution < -0.4 is 5.56 Å². The Balaban J connectivity index is 1.91. The molecule has 8 heteroatoms. The van der Waals surface area contributed by atoms with E-state index in [0.29, 0.717) is 22.7 Å². The van der Waals surface area contributed by atoms with E-state index >= 15 is 0 Å². The molecule has 0 fully saturated rings. The molecule has 0 bridgehead atoms. The summed E-state index contributed by atoms with van der Waals surface area (Å²) in [7, 11) is 1.78. The molecule has 24 heavy (non-hydrogen) atoms. The van der Waals surface area contributed by atoms with Crippen LogP contribution in [0.15, 0.2) is 29.2 Å². The summed E-state index contributed by atoms with van der Waals surface area (Å²) < 4.78 is 3.94. The van der Waals surface area contributed by atoms with Crippen LogP contribution >= 0.6 is 11.3 Å². The number of fused-ring (bicyclic) bond motifs is 3. The Hall–Kier alpha value is -3.05. The maximum atomic E-state index is 12.8. The molecule has 7 nitrogen and oxygen atoms in total. The highest BCUT2D eigenvalue weighted by Gasteiger charge is 2.18. The van der Waals surface area contributed by atoms with Gasteiger partial charge in [0.1, 0.15) is 11.6 Å². The number of thiazole rings is 1. The third kappa shape index (κ3) is 2.10. The first-order valence-corrected chi connectivity index (χ1v) is 8.08. The summed E-state index contributed by atoms with van der Waals surface area (Å²) in [5, 5.41) is 14.4. The molecule has 0 aliphatic heterocycles. The Morgan fingerprint density at radius 2 is 2.17 bits per heavy atom. The van der Waals surface area contributed by atoms with Gasteiger partial charge in [-0.15, -0.1) is 11.3 Å². The van der Waals surface area contributed by atoms with Crippen LogP contribution in [0.1, 0.15) is 16.4 Å².